The van der Waals surface area contributed by atoms with Gasteiger partial charge in [0.15, 0.2) is 5.82 Å². The van der Waals surface area contributed by atoms with Crippen molar-refractivity contribution in [2.75, 3.05) is 12.0 Å². The van der Waals surface area contributed by atoms with Crippen LogP contribution in [-0.4, -0.2) is 44.2 Å². The van der Waals surface area contributed by atoms with Crippen molar-refractivity contribution in [3.05, 3.63) is 33.9 Å². The van der Waals surface area contributed by atoms with Crippen LogP contribution in [0.15, 0.2) is 23.4 Å². The summed E-state index contributed by atoms with van der Waals surface area (Å²) in [7, 11) is -3.69. The molecule has 0 aliphatic heterocycles. The van der Waals surface area contributed by atoms with Crippen LogP contribution in [0.3, 0.4) is 0 Å². The molecule has 0 unspecified atom stereocenters. The number of hydrogen-bond acceptors (Lipinski definition) is 9. The number of nitrogen functional groups attached to an aromatic ring is 1. The summed E-state index contributed by atoms with van der Waals surface area (Å²) >= 11 is 0. The standard InChI is InChI=1S/C12H11N7O4S/c1-6-4-3-5-7(19(20)21)8(6)9-14-11-16-12(24(2,22)23)15-10(13)18(11)17-9/h3-5H,1-2H3,(H2,13,14,15,16,17). The Bertz CT molecular complexity index is 1090. The molecule has 24 heavy (non-hydrogen) atoms. The molecule has 2 heterocycles. The van der Waals surface area contributed by atoms with Gasteiger partial charge in [0.2, 0.25) is 15.8 Å². The molecule has 11 nitrogen and oxygen atoms in total. The summed E-state index contributed by atoms with van der Waals surface area (Å²) in [6, 6.07) is 4.54. The molecule has 0 aliphatic rings. The van der Waals surface area contributed by atoms with Gasteiger partial charge < -0.3 is 5.73 Å². The Morgan fingerprint density at radius 3 is 2.58 bits per heavy atom. The number of anilines is 1. The normalized spacial score (nSPS) is 11.8. The van der Waals surface area contributed by atoms with E-state index >= 15 is 0 Å². The number of fused-ring (bicyclic) bond motifs is 1. The van der Waals surface area contributed by atoms with Crippen LogP contribution in [0.5, 0.6) is 0 Å². The van der Waals surface area contributed by atoms with E-state index in [4.69, 9.17) is 5.73 Å². The molecule has 2 aromatic heterocycles. The Morgan fingerprint density at radius 1 is 1.25 bits per heavy atom. The van der Waals surface area contributed by atoms with Crippen molar-refractivity contribution < 1.29 is 13.3 Å². The van der Waals surface area contributed by atoms with Crippen molar-refractivity contribution in [3.63, 3.8) is 0 Å². The Hall–Kier alpha value is -3.15. The first-order valence-corrected chi connectivity index (χ1v) is 8.42. The Balaban J connectivity index is 2.31. The lowest BCUT2D eigenvalue weighted by Gasteiger charge is -2.01. The highest BCUT2D eigenvalue weighted by Gasteiger charge is 2.23. The molecular formula is C12H11N7O4S. The number of hydrogen-bond donors (Lipinski definition) is 1. The van der Waals surface area contributed by atoms with Crippen LogP contribution in [0.4, 0.5) is 11.6 Å². The topological polar surface area (TPSA) is 159 Å². The molecule has 3 aromatic rings. The summed E-state index contributed by atoms with van der Waals surface area (Å²) in [6.07, 6.45) is 0.932. The summed E-state index contributed by atoms with van der Waals surface area (Å²) in [6.45, 7) is 1.67. The van der Waals surface area contributed by atoms with Crippen LogP contribution in [-0.2, 0) is 9.84 Å². The van der Waals surface area contributed by atoms with E-state index in [9.17, 15) is 18.5 Å². The second-order valence-electron chi connectivity index (χ2n) is 5.01. The lowest BCUT2D eigenvalue weighted by Crippen LogP contribution is -2.11. The number of nitrogens with two attached hydrogens (primary N) is 1. The van der Waals surface area contributed by atoms with Gasteiger partial charge in [0, 0.05) is 12.3 Å². The highest BCUT2D eigenvalue weighted by Crippen LogP contribution is 2.31. The highest BCUT2D eigenvalue weighted by molar-refractivity contribution is 7.90. The van der Waals surface area contributed by atoms with Crippen LogP contribution in [0.2, 0.25) is 0 Å². The zero-order valence-electron chi connectivity index (χ0n) is 12.5. The van der Waals surface area contributed by atoms with Crippen molar-refractivity contribution in [2.45, 2.75) is 12.1 Å². The molecule has 0 atom stereocenters. The highest BCUT2D eigenvalue weighted by atomic mass is 32.2. The lowest BCUT2D eigenvalue weighted by molar-refractivity contribution is -0.384. The molecule has 0 saturated heterocycles. The van der Waals surface area contributed by atoms with Crippen molar-refractivity contribution in [1.82, 2.24) is 24.6 Å². The van der Waals surface area contributed by atoms with E-state index in [1.807, 2.05) is 0 Å². The number of aromatic nitrogens is 5. The fourth-order valence-electron chi connectivity index (χ4n) is 2.15. The van der Waals surface area contributed by atoms with Gasteiger partial charge in [0.05, 0.1) is 4.92 Å². The SMILES string of the molecule is Cc1cccc([N+](=O)[O-])c1-c1nc2nc(S(C)(=O)=O)nc(N)n2n1. The first-order valence-electron chi connectivity index (χ1n) is 6.53. The maximum atomic E-state index is 11.6. The van der Waals surface area contributed by atoms with Crippen molar-refractivity contribution in [2.24, 2.45) is 0 Å². The smallest absolute Gasteiger partial charge is 0.280 e. The maximum absolute atomic E-state index is 11.6. The van der Waals surface area contributed by atoms with Gasteiger partial charge in [-0.25, -0.2) is 8.42 Å². The summed E-state index contributed by atoms with van der Waals surface area (Å²) in [5.41, 5.74) is 6.29. The first kappa shape index (κ1) is 15.7. The van der Waals surface area contributed by atoms with E-state index in [1.54, 1.807) is 19.1 Å². The van der Waals surface area contributed by atoms with E-state index < -0.39 is 19.9 Å². The molecule has 1 aromatic carbocycles. The monoisotopic (exact) mass is 349 g/mol. The lowest BCUT2D eigenvalue weighted by atomic mass is 10.1. The summed E-state index contributed by atoms with van der Waals surface area (Å²) in [4.78, 5) is 22.2. The molecule has 0 fully saturated rings. The Kier molecular flexibility index (Phi) is 3.41. The summed E-state index contributed by atoms with van der Waals surface area (Å²) in [5, 5.41) is 14.8. The van der Waals surface area contributed by atoms with Crippen LogP contribution in [0.1, 0.15) is 5.56 Å². The molecular weight excluding hydrogens is 338 g/mol. The van der Waals surface area contributed by atoms with Gasteiger partial charge in [-0.2, -0.15) is 19.5 Å². The molecule has 12 heteroatoms. The average molecular weight is 349 g/mol. The van der Waals surface area contributed by atoms with Gasteiger partial charge in [-0.1, -0.05) is 12.1 Å². The van der Waals surface area contributed by atoms with E-state index in [0.29, 0.717) is 5.56 Å². The third-order valence-electron chi connectivity index (χ3n) is 3.22. The molecule has 2 N–H and O–H groups in total. The third-order valence-corrected chi connectivity index (χ3v) is 4.06. The molecule has 124 valence electrons. The van der Waals surface area contributed by atoms with E-state index in [0.717, 1.165) is 10.8 Å². The zero-order chi connectivity index (χ0) is 17.6. The van der Waals surface area contributed by atoms with Gasteiger partial charge in [0.25, 0.3) is 16.6 Å². The van der Waals surface area contributed by atoms with E-state index in [-0.39, 0.29) is 28.8 Å². The maximum Gasteiger partial charge on any atom is 0.280 e. The van der Waals surface area contributed by atoms with E-state index in [2.05, 4.69) is 20.1 Å². The minimum atomic E-state index is -3.69. The van der Waals surface area contributed by atoms with Crippen molar-refractivity contribution >= 4 is 27.3 Å². The number of aryl methyl sites for hydroxylation is 1. The Morgan fingerprint density at radius 2 is 1.96 bits per heavy atom. The second kappa shape index (κ2) is 5.19. The van der Waals surface area contributed by atoms with Gasteiger partial charge in [-0.3, -0.25) is 10.1 Å². The van der Waals surface area contributed by atoms with Gasteiger partial charge >= 0.3 is 0 Å². The Labute approximate surface area is 135 Å². The predicted octanol–water partition coefficient (Wildman–Crippen LogP) is 0.389. The number of benzene rings is 1. The summed E-state index contributed by atoms with van der Waals surface area (Å²) < 4.78 is 24.2. The molecule has 0 amide bonds. The molecule has 0 radical (unpaired) electrons. The minimum absolute atomic E-state index is 0.00597. The van der Waals surface area contributed by atoms with Crippen molar-refractivity contribution in [1.29, 1.82) is 0 Å². The fourth-order valence-corrected chi connectivity index (χ4v) is 2.66. The first-order chi connectivity index (χ1) is 11.2. The third kappa shape index (κ3) is 2.52. The number of nitro benzene ring substituents is 1. The van der Waals surface area contributed by atoms with Crippen molar-refractivity contribution in [3.8, 4) is 11.4 Å². The number of nitrogens with zero attached hydrogens (tertiary/aromatic N) is 6. The molecule has 0 bridgehead atoms. The predicted molar refractivity (Wildman–Crippen MR) is 82.9 cm³/mol. The fraction of sp³-hybridized carbons (Fsp3) is 0.167. The minimum Gasteiger partial charge on any atom is -0.368 e. The van der Waals surface area contributed by atoms with Crippen LogP contribution < -0.4 is 5.73 Å². The molecule has 0 spiro atoms. The second-order valence-corrected chi connectivity index (χ2v) is 6.92. The number of sulfone groups is 1. The van der Waals surface area contributed by atoms with Gasteiger partial charge in [-0.05, 0) is 12.5 Å². The molecule has 0 aliphatic carbocycles. The molecule has 0 saturated carbocycles. The molecule has 3 rings (SSSR count). The zero-order valence-corrected chi connectivity index (χ0v) is 13.4. The number of rotatable bonds is 3. The van der Waals surface area contributed by atoms with E-state index in [1.165, 1.54) is 6.07 Å². The van der Waals surface area contributed by atoms with Crippen LogP contribution >= 0.6 is 0 Å². The number of nitro groups is 1. The van der Waals surface area contributed by atoms with Crippen LogP contribution in [0, 0.1) is 17.0 Å². The largest absolute Gasteiger partial charge is 0.368 e. The quantitative estimate of drug-likeness (QED) is 0.521. The van der Waals surface area contributed by atoms with Gasteiger partial charge in [-0.15, -0.1) is 5.10 Å². The van der Waals surface area contributed by atoms with Gasteiger partial charge in [0.1, 0.15) is 5.56 Å². The average Bonchev–Trinajstić information content (AvgIpc) is 2.90. The summed E-state index contributed by atoms with van der Waals surface area (Å²) in [5.74, 6) is -0.350. The van der Waals surface area contributed by atoms with Crippen LogP contribution in [0.25, 0.3) is 17.2 Å².